The highest BCUT2D eigenvalue weighted by atomic mass is 16.7. The van der Waals surface area contributed by atoms with E-state index in [4.69, 9.17) is 23.7 Å². The van der Waals surface area contributed by atoms with Crippen LogP contribution in [0.5, 0.6) is 23.0 Å². The van der Waals surface area contributed by atoms with Crippen molar-refractivity contribution in [1.29, 1.82) is 0 Å². The molecule has 0 aliphatic carbocycles. The first-order valence-corrected chi connectivity index (χ1v) is 13.0. The summed E-state index contributed by atoms with van der Waals surface area (Å²) in [5, 5.41) is 13.4. The zero-order valence-electron chi connectivity index (χ0n) is 21.9. The van der Waals surface area contributed by atoms with Crippen LogP contribution in [-0.2, 0) is 24.4 Å². The Morgan fingerprint density at radius 2 is 1.82 bits per heavy atom. The maximum absolute atomic E-state index is 13.3. The minimum Gasteiger partial charge on any atom is -0.486 e. The Morgan fingerprint density at radius 3 is 2.64 bits per heavy atom. The summed E-state index contributed by atoms with van der Waals surface area (Å²) in [4.78, 5) is 18.5. The molecule has 0 saturated heterocycles. The molecule has 2 aromatic carbocycles. The molecule has 0 amide bonds. The Labute approximate surface area is 224 Å². The zero-order valence-corrected chi connectivity index (χ0v) is 21.9. The molecular weight excluding hydrogens is 504 g/mol. The quantitative estimate of drug-likeness (QED) is 0.325. The standard InChI is InChI=1S/C27H30N6O6/c1-3-21(26-29-30-31-33(26)6-7-35-2)32(14-17-4-5-22-23(10-17)39-16-38-22)15-19-11-18-12-24-25(37-9-8-36-24)13-20(18)28-27(19)34/h4-5,10-13,21H,3,6-9,14-16H2,1-2H3,(H,28,34)/t21-/m1/s1. The molecule has 39 heavy (non-hydrogen) atoms. The molecule has 2 aliphatic rings. The Hall–Kier alpha value is -4.16. The maximum Gasteiger partial charge on any atom is 0.252 e. The van der Waals surface area contributed by atoms with E-state index in [0.29, 0.717) is 73.6 Å². The van der Waals surface area contributed by atoms with E-state index in [1.807, 2.05) is 36.4 Å². The van der Waals surface area contributed by atoms with E-state index in [0.717, 1.165) is 23.1 Å². The van der Waals surface area contributed by atoms with E-state index in [1.54, 1.807) is 11.8 Å². The van der Waals surface area contributed by atoms with Crippen molar-refractivity contribution in [1.82, 2.24) is 30.1 Å². The number of pyridine rings is 1. The average Bonchev–Trinajstić information content (AvgIpc) is 3.61. The number of nitrogens with zero attached hydrogens (tertiary/aromatic N) is 5. The molecule has 0 fully saturated rings. The van der Waals surface area contributed by atoms with E-state index >= 15 is 0 Å². The highest BCUT2D eigenvalue weighted by Crippen LogP contribution is 2.36. The molecule has 0 bridgehead atoms. The van der Waals surface area contributed by atoms with Crippen LogP contribution in [0.3, 0.4) is 0 Å². The van der Waals surface area contributed by atoms with Crippen molar-refractivity contribution in [3.63, 3.8) is 0 Å². The first-order chi connectivity index (χ1) is 19.1. The van der Waals surface area contributed by atoms with Gasteiger partial charge in [-0.2, -0.15) is 0 Å². The van der Waals surface area contributed by atoms with Gasteiger partial charge in [-0.1, -0.05) is 13.0 Å². The molecule has 0 spiro atoms. The monoisotopic (exact) mass is 534 g/mol. The first kappa shape index (κ1) is 25.1. The second-order valence-electron chi connectivity index (χ2n) is 9.48. The molecule has 2 aliphatic heterocycles. The van der Waals surface area contributed by atoms with E-state index in [1.165, 1.54) is 0 Å². The SMILES string of the molecule is CC[C@H](c1nnnn1CCOC)N(Cc1ccc2c(c1)OCO2)Cc1cc2cc3c(cc2[nH]c1=O)OCCO3. The van der Waals surface area contributed by atoms with Crippen molar-refractivity contribution in [3.05, 3.63) is 63.7 Å². The van der Waals surface area contributed by atoms with Crippen molar-refractivity contribution < 1.29 is 23.7 Å². The van der Waals surface area contributed by atoms with Crippen LogP contribution in [0.1, 0.15) is 36.3 Å². The van der Waals surface area contributed by atoms with Crippen LogP contribution in [0.4, 0.5) is 0 Å². The van der Waals surface area contributed by atoms with Crippen molar-refractivity contribution >= 4 is 10.9 Å². The lowest BCUT2D eigenvalue weighted by molar-refractivity contribution is 0.150. The fraction of sp³-hybridized carbons (Fsp3) is 0.407. The fourth-order valence-corrected chi connectivity index (χ4v) is 5.07. The van der Waals surface area contributed by atoms with Crippen LogP contribution in [0, 0.1) is 0 Å². The third-order valence-corrected chi connectivity index (χ3v) is 6.97. The molecular formula is C27H30N6O6. The van der Waals surface area contributed by atoms with E-state index in [2.05, 4.69) is 32.3 Å². The first-order valence-electron chi connectivity index (χ1n) is 13.0. The number of benzene rings is 2. The van der Waals surface area contributed by atoms with Crippen molar-refractivity contribution in [2.24, 2.45) is 0 Å². The number of aromatic amines is 1. The molecule has 6 rings (SSSR count). The highest BCUT2D eigenvalue weighted by Gasteiger charge is 2.27. The molecule has 0 saturated carbocycles. The average molecular weight is 535 g/mol. The molecule has 12 nitrogen and oxygen atoms in total. The van der Waals surface area contributed by atoms with Gasteiger partial charge in [0.05, 0.1) is 24.7 Å². The summed E-state index contributed by atoms with van der Waals surface area (Å²) in [6, 6.07) is 11.4. The van der Waals surface area contributed by atoms with Crippen LogP contribution in [0.15, 0.2) is 41.2 Å². The predicted octanol–water partition coefficient (Wildman–Crippen LogP) is 2.81. The summed E-state index contributed by atoms with van der Waals surface area (Å²) >= 11 is 0. The third-order valence-electron chi connectivity index (χ3n) is 6.97. The fourth-order valence-electron chi connectivity index (χ4n) is 5.07. The Bertz CT molecular complexity index is 1540. The summed E-state index contributed by atoms with van der Waals surface area (Å²) in [7, 11) is 1.65. The van der Waals surface area contributed by atoms with Gasteiger partial charge >= 0.3 is 0 Å². The van der Waals surface area contributed by atoms with E-state index in [-0.39, 0.29) is 18.4 Å². The molecule has 0 unspecified atom stereocenters. The van der Waals surface area contributed by atoms with Gasteiger partial charge < -0.3 is 28.7 Å². The van der Waals surface area contributed by atoms with E-state index < -0.39 is 0 Å². The van der Waals surface area contributed by atoms with Crippen molar-refractivity contribution in [3.8, 4) is 23.0 Å². The van der Waals surface area contributed by atoms with Gasteiger partial charge in [0, 0.05) is 37.2 Å². The van der Waals surface area contributed by atoms with Crippen molar-refractivity contribution in [2.45, 2.75) is 39.0 Å². The normalized spacial score (nSPS) is 14.7. The number of hydrogen-bond donors (Lipinski definition) is 1. The summed E-state index contributed by atoms with van der Waals surface area (Å²) in [5.74, 6) is 3.46. The number of hydrogen-bond acceptors (Lipinski definition) is 10. The third kappa shape index (κ3) is 5.12. The smallest absolute Gasteiger partial charge is 0.252 e. The van der Waals surface area contributed by atoms with E-state index in [9.17, 15) is 4.79 Å². The minimum absolute atomic E-state index is 0.163. The lowest BCUT2D eigenvalue weighted by Crippen LogP contribution is -2.32. The highest BCUT2D eigenvalue weighted by molar-refractivity contribution is 5.83. The minimum atomic E-state index is -0.169. The number of ether oxygens (including phenoxy) is 5. The van der Waals surface area contributed by atoms with Crippen molar-refractivity contribution in [2.75, 3.05) is 33.7 Å². The molecule has 0 radical (unpaired) electrons. The summed E-state index contributed by atoms with van der Waals surface area (Å²) < 4.78 is 29.6. The van der Waals surface area contributed by atoms with Crippen LogP contribution in [-0.4, -0.2) is 63.8 Å². The van der Waals surface area contributed by atoms with Gasteiger partial charge in [-0.15, -0.1) is 5.10 Å². The molecule has 2 aromatic heterocycles. The second-order valence-corrected chi connectivity index (χ2v) is 9.48. The van der Waals surface area contributed by atoms with Gasteiger partial charge in [-0.3, -0.25) is 9.69 Å². The largest absolute Gasteiger partial charge is 0.486 e. The van der Waals surface area contributed by atoms with Gasteiger partial charge in [-0.25, -0.2) is 4.68 Å². The van der Waals surface area contributed by atoms with Crippen LogP contribution < -0.4 is 24.5 Å². The number of aromatic nitrogens is 5. The number of rotatable bonds is 10. The number of tetrazole rings is 1. The summed E-state index contributed by atoms with van der Waals surface area (Å²) in [6.07, 6.45) is 0.724. The van der Waals surface area contributed by atoms with Gasteiger partial charge in [0.25, 0.3) is 5.56 Å². The zero-order chi connectivity index (χ0) is 26.8. The van der Waals surface area contributed by atoms with Gasteiger partial charge in [0.1, 0.15) is 13.2 Å². The van der Waals surface area contributed by atoms with Crippen LogP contribution in [0.25, 0.3) is 10.9 Å². The lowest BCUT2D eigenvalue weighted by atomic mass is 10.1. The van der Waals surface area contributed by atoms with Gasteiger partial charge in [0.2, 0.25) is 6.79 Å². The Balaban J connectivity index is 1.37. The summed E-state index contributed by atoms with van der Waals surface area (Å²) in [5.41, 5.74) is 2.18. The molecule has 12 heteroatoms. The van der Waals surface area contributed by atoms with Crippen LogP contribution in [0.2, 0.25) is 0 Å². The van der Waals surface area contributed by atoms with Gasteiger partial charge in [0.15, 0.2) is 28.8 Å². The number of methoxy groups -OCH3 is 1. The number of fused-ring (bicyclic) bond motifs is 3. The topological polar surface area (TPSA) is 126 Å². The Morgan fingerprint density at radius 1 is 1.03 bits per heavy atom. The second kappa shape index (κ2) is 10.9. The number of nitrogens with one attached hydrogen (secondary N) is 1. The molecule has 1 N–H and O–H groups in total. The number of H-pyrrole nitrogens is 1. The molecule has 4 aromatic rings. The molecule has 1 atom stereocenters. The molecule has 204 valence electrons. The lowest BCUT2D eigenvalue weighted by Gasteiger charge is -2.30. The van der Waals surface area contributed by atoms with Crippen LogP contribution >= 0.6 is 0 Å². The maximum atomic E-state index is 13.3. The molecule has 4 heterocycles. The Kier molecular flexibility index (Phi) is 7.03. The predicted molar refractivity (Wildman–Crippen MR) is 140 cm³/mol. The summed E-state index contributed by atoms with van der Waals surface area (Å²) in [6.45, 7) is 5.18. The van der Waals surface area contributed by atoms with Gasteiger partial charge in [-0.05, 0) is 46.7 Å².